The van der Waals surface area contributed by atoms with Gasteiger partial charge in [-0.25, -0.2) is 9.78 Å². The van der Waals surface area contributed by atoms with Crippen molar-refractivity contribution in [2.45, 2.75) is 45.3 Å². The number of imidazole rings is 1. The van der Waals surface area contributed by atoms with Crippen LogP contribution < -0.4 is 10.2 Å². The molecule has 1 aliphatic heterocycles. The fourth-order valence-corrected chi connectivity index (χ4v) is 3.28. The van der Waals surface area contributed by atoms with Crippen LogP contribution in [-0.2, 0) is 20.8 Å². The first-order valence-electron chi connectivity index (χ1n) is 10.4. The van der Waals surface area contributed by atoms with Gasteiger partial charge in [-0.3, -0.25) is 14.5 Å². The third-order valence-electron chi connectivity index (χ3n) is 5.20. The van der Waals surface area contributed by atoms with Crippen molar-refractivity contribution in [2.24, 2.45) is 11.8 Å². The molecule has 0 bridgehead atoms. The Morgan fingerprint density at radius 3 is 2.38 bits per heavy atom. The van der Waals surface area contributed by atoms with Gasteiger partial charge in [-0.15, -0.1) is 0 Å². The van der Waals surface area contributed by atoms with Crippen molar-refractivity contribution in [3.8, 4) is 0 Å². The quantitative estimate of drug-likeness (QED) is 0.599. The molecule has 1 atom stereocenters. The number of carbonyl (C=O) groups excluding carboxylic acids is 2. The molecular weight excluding hydrogens is 431 g/mol. The van der Waals surface area contributed by atoms with E-state index in [-0.39, 0.29) is 17.9 Å². The number of fused-ring (bicyclic) bond motifs is 1. The standard InChI is InChI=1S/C18H29N5O2.C2HF3O2/c1-12(2)23-11-20-16-15(23)9-14(17(24)19-7-8-21(3)4)18(25)22(16)10-13-5-6-13;3-2(4,5)1(6)7/h11-14H,5-10H2,1-4H3,(H,19,24);(H,6,7). The number of amides is 2. The zero-order valence-electron chi connectivity index (χ0n) is 18.6. The molecule has 0 saturated heterocycles. The average molecular weight is 461 g/mol. The molecule has 2 aliphatic rings. The topological polar surface area (TPSA) is 108 Å². The zero-order chi connectivity index (χ0) is 24.2. The largest absolute Gasteiger partial charge is 0.490 e. The molecule has 32 heavy (non-hydrogen) atoms. The predicted molar refractivity (Wildman–Crippen MR) is 110 cm³/mol. The Hall–Kier alpha value is -2.63. The molecule has 2 heterocycles. The number of nitrogens with one attached hydrogen (secondary N) is 1. The monoisotopic (exact) mass is 461 g/mol. The van der Waals surface area contributed by atoms with Crippen LogP contribution in [0.5, 0.6) is 0 Å². The van der Waals surface area contributed by atoms with Gasteiger partial charge >= 0.3 is 12.1 Å². The Balaban J connectivity index is 0.000000451. The van der Waals surface area contributed by atoms with Gasteiger partial charge in [0.25, 0.3) is 0 Å². The number of nitrogens with zero attached hydrogens (tertiary/aromatic N) is 4. The molecular formula is C20H30F3N5O4. The van der Waals surface area contributed by atoms with Crippen LogP contribution in [0, 0.1) is 11.8 Å². The number of carboxylic acid groups (broad SMARTS) is 1. The zero-order valence-corrected chi connectivity index (χ0v) is 18.6. The van der Waals surface area contributed by atoms with Gasteiger partial charge in [0.1, 0.15) is 5.92 Å². The second-order valence-corrected chi connectivity index (χ2v) is 8.56. The van der Waals surface area contributed by atoms with Crippen LogP contribution in [0.2, 0.25) is 0 Å². The minimum atomic E-state index is -5.08. The fraction of sp³-hybridized carbons (Fsp3) is 0.700. The lowest BCUT2D eigenvalue weighted by atomic mass is 9.95. The number of hydrogen-bond acceptors (Lipinski definition) is 5. The smallest absolute Gasteiger partial charge is 0.475 e. The molecule has 1 saturated carbocycles. The van der Waals surface area contributed by atoms with Gasteiger partial charge in [0.15, 0.2) is 5.82 Å². The highest BCUT2D eigenvalue weighted by molar-refractivity contribution is 6.09. The van der Waals surface area contributed by atoms with Gasteiger partial charge in [-0.1, -0.05) is 0 Å². The Bertz CT molecular complexity index is 834. The number of halogens is 3. The highest BCUT2D eigenvalue weighted by Crippen LogP contribution is 2.36. The predicted octanol–water partition coefficient (Wildman–Crippen LogP) is 1.69. The van der Waals surface area contributed by atoms with Crippen LogP contribution in [0.1, 0.15) is 38.4 Å². The summed E-state index contributed by atoms with van der Waals surface area (Å²) in [6.07, 6.45) is -0.538. The van der Waals surface area contributed by atoms with E-state index in [9.17, 15) is 22.8 Å². The summed E-state index contributed by atoms with van der Waals surface area (Å²) in [4.78, 5) is 42.8. The summed E-state index contributed by atoms with van der Waals surface area (Å²) in [5, 5.41) is 10.0. The van der Waals surface area contributed by atoms with Crippen LogP contribution in [0.25, 0.3) is 0 Å². The summed E-state index contributed by atoms with van der Waals surface area (Å²) < 4.78 is 33.8. The first-order valence-corrected chi connectivity index (χ1v) is 10.4. The number of anilines is 1. The second kappa shape index (κ2) is 10.3. The number of aromatic nitrogens is 2. The van der Waals surface area contributed by atoms with Crippen LogP contribution in [0.15, 0.2) is 6.33 Å². The van der Waals surface area contributed by atoms with Crippen molar-refractivity contribution in [2.75, 3.05) is 38.6 Å². The van der Waals surface area contributed by atoms with E-state index < -0.39 is 18.1 Å². The molecule has 1 fully saturated rings. The summed E-state index contributed by atoms with van der Waals surface area (Å²) in [5.41, 5.74) is 1.00. The third kappa shape index (κ3) is 6.68. The van der Waals surface area contributed by atoms with Crippen molar-refractivity contribution in [3.05, 3.63) is 12.0 Å². The summed E-state index contributed by atoms with van der Waals surface area (Å²) in [7, 11) is 3.92. The van der Waals surface area contributed by atoms with E-state index in [1.807, 2.05) is 19.0 Å². The second-order valence-electron chi connectivity index (χ2n) is 8.56. The molecule has 1 unspecified atom stereocenters. The molecule has 0 aromatic carbocycles. The number of aliphatic carboxylic acids is 1. The minimum absolute atomic E-state index is 0.101. The highest BCUT2D eigenvalue weighted by atomic mass is 19.4. The summed E-state index contributed by atoms with van der Waals surface area (Å²) in [5.74, 6) is -2.37. The maximum Gasteiger partial charge on any atom is 0.490 e. The molecule has 3 rings (SSSR count). The molecule has 2 amide bonds. The van der Waals surface area contributed by atoms with Gasteiger partial charge in [-0.05, 0) is 46.7 Å². The molecule has 180 valence electrons. The molecule has 2 N–H and O–H groups in total. The molecule has 12 heteroatoms. The fourth-order valence-electron chi connectivity index (χ4n) is 3.28. The summed E-state index contributed by atoms with van der Waals surface area (Å²) >= 11 is 0. The Morgan fingerprint density at radius 1 is 1.31 bits per heavy atom. The first-order chi connectivity index (χ1) is 14.8. The van der Waals surface area contributed by atoms with E-state index in [1.165, 1.54) is 0 Å². The lowest BCUT2D eigenvalue weighted by Crippen LogP contribution is -2.49. The van der Waals surface area contributed by atoms with Crippen molar-refractivity contribution < 1.29 is 32.7 Å². The van der Waals surface area contributed by atoms with E-state index >= 15 is 0 Å². The molecule has 1 aromatic rings. The van der Waals surface area contributed by atoms with Crippen LogP contribution in [-0.4, -0.2) is 77.2 Å². The van der Waals surface area contributed by atoms with E-state index in [1.54, 1.807) is 11.2 Å². The van der Waals surface area contributed by atoms with E-state index in [4.69, 9.17) is 9.90 Å². The minimum Gasteiger partial charge on any atom is -0.475 e. The first kappa shape index (κ1) is 25.6. The summed E-state index contributed by atoms with van der Waals surface area (Å²) in [6, 6.07) is 0.254. The molecule has 1 aliphatic carbocycles. The maximum absolute atomic E-state index is 13.0. The lowest BCUT2D eigenvalue weighted by Gasteiger charge is -2.32. The SMILES string of the molecule is CC(C)n1cnc2c1CC(C(=O)NCCN(C)C)C(=O)N2CC1CC1.O=C(O)C(F)(F)F. The van der Waals surface area contributed by atoms with Gasteiger partial charge in [-0.2, -0.15) is 13.2 Å². The molecule has 0 spiro atoms. The van der Waals surface area contributed by atoms with E-state index in [2.05, 4.69) is 28.7 Å². The number of hydrogen-bond donors (Lipinski definition) is 2. The van der Waals surface area contributed by atoms with Crippen LogP contribution in [0.3, 0.4) is 0 Å². The van der Waals surface area contributed by atoms with Gasteiger partial charge < -0.3 is 19.9 Å². The number of likely N-dealkylation sites (N-methyl/N-ethyl adjacent to an activating group) is 1. The molecule has 0 radical (unpaired) electrons. The van der Waals surface area contributed by atoms with Crippen molar-refractivity contribution in [1.82, 2.24) is 19.8 Å². The average Bonchev–Trinajstić information content (AvgIpc) is 3.39. The van der Waals surface area contributed by atoms with E-state index in [0.29, 0.717) is 25.4 Å². The van der Waals surface area contributed by atoms with Gasteiger partial charge in [0, 0.05) is 32.1 Å². The van der Waals surface area contributed by atoms with Crippen molar-refractivity contribution in [3.63, 3.8) is 0 Å². The van der Waals surface area contributed by atoms with Gasteiger partial charge in [0.05, 0.1) is 12.0 Å². The Labute approximate surface area is 184 Å². The van der Waals surface area contributed by atoms with Crippen LogP contribution in [0.4, 0.5) is 19.0 Å². The van der Waals surface area contributed by atoms with Crippen molar-refractivity contribution >= 4 is 23.6 Å². The highest BCUT2D eigenvalue weighted by Gasteiger charge is 2.42. The van der Waals surface area contributed by atoms with Crippen molar-refractivity contribution in [1.29, 1.82) is 0 Å². The van der Waals surface area contributed by atoms with Gasteiger partial charge in [0.2, 0.25) is 11.8 Å². The number of alkyl halides is 3. The maximum atomic E-state index is 13.0. The Morgan fingerprint density at radius 2 is 1.91 bits per heavy atom. The number of carboxylic acids is 1. The van der Waals surface area contributed by atoms with Crippen LogP contribution >= 0.6 is 0 Å². The third-order valence-corrected chi connectivity index (χ3v) is 5.20. The number of carbonyl (C=O) groups is 3. The van der Waals surface area contributed by atoms with E-state index in [0.717, 1.165) is 30.9 Å². The Kier molecular flexibility index (Phi) is 8.27. The number of rotatable bonds is 7. The molecule has 9 nitrogen and oxygen atoms in total. The molecule has 1 aromatic heterocycles. The summed E-state index contributed by atoms with van der Waals surface area (Å²) in [6.45, 7) is 6.18. The lowest BCUT2D eigenvalue weighted by molar-refractivity contribution is -0.192. The normalized spacial score (nSPS) is 18.3.